The van der Waals surface area contributed by atoms with Gasteiger partial charge in [0.25, 0.3) is 5.91 Å². The van der Waals surface area contributed by atoms with Crippen molar-refractivity contribution in [1.82, 2.24) is 10.3 Å². The van der Waals surface area contributed by atoms with E-state index >= 15 is 0 Å². The van der Waals surface area contributed by atoms with Crippen LogP contribution in [0.25, 0.3) is 31.4 Å². The van der Waals surface area contributed by atoms with E-state index in [2.05, 4.69) is 28.5 Å². The molecule has 176 valence electrons. The largest absolute Gasteiger partial charge is 0.486 e. The topological polar surface area (TPSA) is 83.6 Å². The number of fused-ring (bicyclic) bond motifs is 3. The summed E-state index contributed by atoms with van der Waals surface area (Å²) in [6, 6.07) is 21.7. The average Bonchev–Trinajstić information content (AvgIpc) is 3.52. The van der Waals surface area contributed by atoms with E-state index in [1.54, 1.807) is 11.3 Å². The lowest BCUT2D eigenvalue weighted by molar-refractivity contribution is 0.0906. The molecule has 0 fully saturated rings. The third-order valence-electron chi connectivity index (χ3n) is 6.29. The fraction of sp³-hybridized carbons (Fsp3) is 0.179. The molecule has 0 bridgehead atoms. The number of hydrogen-bond donors (Lipinski definition) is 3. The Kier molecular flexibility index (Phi) is 5.64. The summed E-state index contributed by atoms with van der Waals surface area (Å²) in [4.78, 5) is 17.8. The van der Waals surface area contributed by atoms with Gasteiger partial charge in [-0.3, -0.25) is 4.79 Å². The number of carbonyl (C=O) groups is 1. The van der Waals surface area contributed by atoms with Crippen molar-refractivity contribution in [2.24, 2.45) is 0 Å². The average molecular weight is 485 g/mol. The number of hydrogen-bond acceptors (Lipinski definition) is 5. The summed E-state index contributed by atoms with van der Waals surface area (Å²) < 4.78 is 12.9. The lowest BCUT2D eigenvalue weighted by atomic mass is 10.0. The standard InChI is InChI=1S/C28H24N2O4S/c31-16-20(11-19-15-29-23-7-3-2-6-21(19)23)30-28(32)22-12-18(13-24-27(22)34-10-9-33-24)26-14-17-5-1-4-8-25(17)35-26/h1-8,12-15,20,29,31H,9-11,16H2,(H,30,32)/t20-/m1/s1. The van der Waals surface area contributed by atoms with Gasteiger partial charge in [-0.05, 0) is 53.3 Å². The maximum Gasteiger partial charge on any atom is 0.255 e. The number of nitrogens with one attached hydrogen (secondary N) is 2. The monoisotopic (exact) mass is 484 g/mol. The number of thiophene rings is 1. The summed E-state index contributed by atoms with van der Waals surface area (Å²) in [5, 5.41) is 15.3. The van der Waals surface area contributed by atoms with E-state index in [0.717, 1.165) is 32.3 Å². The molecule has 3 N–H and O–H groups in total. The predicted octanol–water partition coefficient (Wildman–Crippen LogP) is 5.15. The van der Waals surface area contributed by atoms with Crippen molar-refractivity contribution >= 4 is 38.2 Å². The normalized spacial score (nSPS) is 13.7. The molecule has 3 aromatic carbocycles. The first-order valence-corrected chi connectivity index (χ1v) is 12.4. The second kappa shape index (κ2) is 9.09. The molecular formula is C28H24N2O4S. The molecule has 0 unspecified atom stereocenters. The van der Waals surface area contributed by atoms with Crippen molar-refractivity contribution < 1.29 is 19.4 Å². The Hall–Kier alpha value is -3.81. The van der Waals surface area contributed by atoms with E-state index in [1.165, 1.54) is 4.70 Å². The summed E-state index contributed by atoms with van der Waals surface area (Å²) in [6.07, 6.45) is 2.43. The SMILES string of the molecule is O=C(N[C@@H](CO)Cc1c[nH]c2ccccc12)c1cc(-c2cc3ccccc3s2)cc2c1OCCO2. The molecule has 0 saturated heterocycles. The molecule has 3 heterocycles. The first-order chi connectivity index (χ1) is 17.2. The number of aliphatic hydroxyl groups is 1. The third kappa shape index (κ3) is 4.13. The van der Waals surface area contributed by atoms with Crippen molar-refractivity contribution in [2.45, 2.75) is 12.5 Å². The van der Waals surface area contributed by atoms with Gasteiger partial charge in [0.1, 0.15) is 13.2 Å². The molecule has 0 radical (unpaired) electrons. The highest BCUT2D eigenvalue weighted by atomic mass is 32.1. The minimum atomic E-state index is -0.449. The van der Waals surface area contributed by atoms with Crippen LogP contribution in [0.1, 0.15) is 15.9 Å². The van der Waals surface area contributed by atoms with Crippen molar-refractivity contribution in [3.63, 3.8) is 0 Å². The molecule has 0 aliphatic carbocycles. The number of amides is 1. The summed E-state index contributed by atoms with van der Waals surface area (Å²) >= 11 is 1.67. The smallest absolute Gasteiger partial charge is 0.255 e. The van der Waals surface area contributed by atoms with Crippen LogP contribution in [0, 0.1) is 0 Å². The number of aromatic nitrogens is 1. The molecule has 1 atom stereocenters. The Morgan fingerprint density at radius 1 is 1.06 bits per heavy atom. The van der Waals surface area contributed by atoms with Gasteiger partial charge in [0.15, 0.2) is 11.5 Å². The molecule has 6 rings (SSSR count). The third-order valence-corrected chi connectivity index (χ3v) is 7.46. The first kappa shape index (κ1) is 21.7. The molecule has 5 aromatic rings. The maximum atomic E-state index is 13.5. The molecule has 1 aliphatic rings. The minimum Gasteiger partial charge on any atom is -0.486 e. The summed E-state index contributed by atoms with van der Waals surface area (Å²) in [7, 11) is 0. The van der Waals surface area contributed by atoms with E-state index in [9.17, 15) is 9.90 Å². The van der Waals surface area contributed by atoms with Gasteiger partial charge in [0, 0.05) is 26.7 Å². The number of benzene rings is 3. The lowest BCUT2D eigenvalue weighted by Crippen LogP contribution is -2.39. The quantitative estimate of drug-likeness (QED) is 0.311. The Labute approximate surface area is 206 Å². The van der Waals surface area contributed by atoms with Crippen LogP contribution >= 0.6 is 11.3 Å². The molecule has 7 heteroatoms. The van der Waals surface area contributed by atoms with E-state index in [-0.39, 0.29) is 12.5 Å². The highest BCUT2D eigenvalue weighted by molar-refractivity contribution is 7.22. The summed E-state index contributed by atoms with van der Waals surface area (Å²) in [6.45, 7) is 0.638. The van der Waals surface area contributed by atoms with Gasteiger partial charge in [0.05, 0.1) is 18.2 Å². The van der Waals surface area contributed by atoms with Crippen LogP contribution in [-0.4, -0.2) is 41.9 Å². The predicted molar refractivity (Wildman–Crippen MR) is 139 cm³/mol. The number of aliphatic hydroxyl groups excluding tert-OH is 1. The van der Waals surface area contributed by atoms with Gasteiger partial charge < -0.3 is 24.9 Å². The zero-order valence-corrected chi connectivity index (χ0v) is 19.7. The van der Waals surface area contributed by atoms with Crippen LogP contribution in [0.15, 0.2) is 72.9 Å². The molecule has 0 spiro atoms. The number of para-hydroxylation sites is 1. The molecule has 2 aromatic heterocycles. The zero-order chi connectivity index (χ0) is 23.8. The number of H-pyrrole nitrogens is 1. The Morgan fingerprint density at radius 3 is 2.77 bits per heavy atom. The van der Waals surface area contributed by atoms with Gasteiger partial charge in [-0.2, -0.15) is 0 Å². The van der Waals surface area contributed by atoms with Crippen LogP contribution < -0.4 is 14.8 Å². The van der Waals surface area contributed by atoms with Crippen molar-refractivity contribution in [3.05, 3.63) is 84.1 Å². The van der Waals surface area contributed by atoms with Crippen LogP contribution in [0.5, 0.6) is 11.5 Å². The van der Waals surface area contributed by atoms with Gasteiger partial charge in [-0.15, -0.1) is 11.3 Å². The number of ether oxygens (including phenoxy) is 2. The molecule has 35 heavy (non-hydrogen) atoms. The van der Waals surface area contributed by atoms with E-state index < -0.39 is 6.04 Å². The minimum absolute atomic E-state index is 0.180. The van der Waals surface area contributed by atoms with Crippen LogP contribution in [0.4, 0.5) is 0 Å². The fourth-order valence-corrected chi connectivity index (χ4v) is 5.63. The molecule has 0 saturated carbocycles. The lowest BCUT2D eigenvalue weighted by Gasteiger charge is -2.23. The second-order valence-corrected chi connectivity index (χ2v) is 9.70. The van der Waals surface area contributed by atoms with Crippen molar-refractivity contribution in [2.75, 3.05) is 19.8 Å². The number of aromatic amines is 1. The second-order valence-electron chi connectivity index (χ2n) is 8.61. The zero-order valence-electron chi connectivity index (χ0n) is 18.9. The number of carbonyl (C=O) groups excluding carboxylic acids is 1. The van der Waals surface area contributed by atoms with Gasteiger partial charge >= 0.3 is 0 Å². The summed E-state index contributed by atoms with van der Waals surface area (Å²) in [5.41, 5.74) is 3.38. The van der Waals surface area contributed by atoms with Crippen LogP contribution in [0.3, 0.4) is 0 Å². The highest BCUT2D eigenvalue weighted by Crippen LogP contribution is 2.41. The highest BCUT2D eigenvalue weighted by Gasteiger charge is 2.25. The van der Waals surface area contributed by atoms with Gasteiger partial charge in [0.2, 0.25) is 0 Å². The molecular weight excluding hydrogens is 460 g/mol. The molecule has 1 aliphatic heterocycles. The van der Waals surface area contributed by atoms with Crippen molar-refractivity contribution in [1.29, 1.82) is 0 Å². The fourth-order valence-electron chi connectivity index (χ4n) is 4.58. The van der Waals surface area contributed by atoms with E-state index in [0.29, 0.717) is 36.7 Å². The molecule has 1 amide bonds. The van der Waals surface area contributed by atoms with Gasteiger partial charge in [-0.1, -0.05) is 36.4 Å². The Bertz CT molecular complexity index is 1500. The Morgan fingerprint density at radius 2 is 1.89 bits per heavy atom. The van der Waals surface area contributed by atoms with Crippen molar-refractivity contribution in [3.8, 4) is 21.9 Å². The maximum absolute atomic E-state index is 13.5. The van der Waals surface area contributed by atoms with E-state index in [1.807, 2.05) is 54.7 Å². The van der Waals surface area contributed by atoms with E-state index in [4.69, 9.17) is 9.47 Å². The van der Waals surface area contributed by atoms with Crippen LogP contribution in [-0.2, 0) is 6.42 Å². The van der Waals surface area contributed by atoms with Gasteiger partial charge in [-0.25, -0.2) is 0 Å². The summed E-state index contributed by atoms with van der Waals surface area (Å²) in [5.74, 6) is 0.713. The number of rotatable bonds is 6. The first-order valence-electron chi connectivity index (χ1n) is 11.6. The Balaban J connectivity index is 1.32. The van der Waals surface area contributed by atoms with Crippen LogP contribution in [0.2, 0.25) is 0 Å². The molecule has 6 nitrogen and oxygen atoms in total.